The highest BCUT2D eigenvalue weighted by molar-refractivity contribution is 14.1. The van der Waals surface area contributed by atoms with E-state index in [2.05, 4.69) is 43.8 Å². The fraction of sp³-hybridized carbons (Fsp3) is 0.0833. The van der Waals surface area contributed by atoms with Crippen LogP contribution in [-0.2, 0) is 11.4 Å². The molecule has 1 amide bonds. The van der Waals surface area contributed by atoms with Crippen LogP contribution in [0.4, 0.5) is 10.1 Å². The molecule has 3 aromatic carbocycles. The normalized spacial score (nSPS) is 10.9. The predicted octanol–water partition coefficient (Wildman–Crippen LogP) is 6.33. The van der Waals surface area contributed by atoms with Crippen LogP contribution in [0.2, 0.25) is 0 Å². The van der Waals surface area contributed by atoms with Gasteiger partial charge in [0, 0.05) is 3.57 Å². The van der Waals surface area contributed by atoms with E-state index in [4.69, 9.17) is 9.47 Å². The minimum atomic E-state index is -0.716. The Labute approximate surface area is 207 Å². The summed E-state index contributed by atoms with van der Waals surface area (Å²) in [6.07, 6.45) is 1.40. The first-order chi connectivity index (χ1) is 15.4. The summed E-state index contributed by atoms with van der Waals surface area (Å²) >= 11 is 5.71. The topological polar surface area (TPSA) is 71.3 Å². The Hall–Kier alpha value is -2.90. The predicted molar refractivity (Wildman–Crippen MR) is 133 cm³/mol. The number of carbonyl (C=O) groups excluding carboxylic acids is 1. The van der Waals surface area contributed by atoms with Gasteiger partial charge in [-0.15, -0.1) is 0 Å². The summed E-state index contributed by atoms with van der Waals surface area (Å²) in [6.45, 7) is 0.343. The number of hydrogen-bond donors (Lipinski definition) is 1. The molecule has 0 saturated heterocycles. The molecule has 3 aromatic rings. The average Bonchev–Trinajstić information content (AvgIpc) is 2.79. The molecule has 0 atom stereocenters. The Morgan fingerprint density at radius 1 is 1.22 bits per heavy atom. The van der Waals surface area contributed by atoms with Crippen LogP contribution in [0.15, 0.2) is 70.7 Å². The second-order valence-electron chi connectivity index (χ2n) is 6.55. The lowest BCUT2D eigenvalue weighted by molar-refractivity contribution is -0.112. The Balaban J connectivity index is 1.82. The molecule has 162 valence electrons. The van der Waals surface area contributed by atoms with E-state index >= 15 is 0 Å². The summed E-state index contributed by atoms with van der Waals surface area (Å²) in [5.74, 6) is -0.371. The van der Waals surface area contributed by atoms with Gasteiger partial charge < -0.3 is 14.8 Å². The molecule has 0 aliphatic rings. The van der Waals surface area contributed by atoms with Gasteiger partial charge in [-0.2, -0.15) is 5.26 Å². The van der Waals surface area contributed by atoms with Gasteiger partial charge in [-0.1, -0.05) is 24.3 Å². The second-order valence-corrected chi connectivity index (χ2v) is 8.65. The van der Waals surface area contributed by atoms with Crippen LogP contribution in [0, 0.1) is 20.7 Å². The Bertz CT molecular complexity index is 1210. The van der Waals surface area contributed by atoms with Gasteiger partial charge in [-0.25, -0.2) is 4.39 Å². The molecule has 0 aromatic heterocycles. The number of rotatable bonds is 7. The molecule has 0 heterocycles. The largest absolute Gasteiger partial charge is 0.493 e. The standard InChI is InChI=1S/C24H17BrFIN2O3/c1-31-22-12-16(10-17(13-28)24(30)29-21-5-3-2-4-20(21)26)11-19(25)23(22)32-14-15-6-8-18(27)9-7-15/h2-12H,14H2,1H3,(H,29,30)/b17-10-. The van der Waals surface area contributed by atoms with E-state index in [0.717, 1.165) is 9.13 Å². The van der Waals surface area contributed by atoms with E-state index in [1.807, 2.05) is 30.3 Å². The molecule has 32 heavy (non-hydrogen) atoms. The maximum atomic E-state index is 13.8. The van der Waals surface area contributed by atoms with Gasteiger partial charge in [0.1, 0.15) is 24.1 Å². The molecule has 0 saturated carbocycles. The first-order valence-electron chi connectivity index (χ1n) is 9.33. The number of amides is 1. The molecule has 1 N–H and O–H groups in total. The smallest absolute Gasteiger partial charge is 0.266 e. The summed E-state index contributed by atoms with van der Waals surface area (Å²) in [5.41, 5.74) is 1.35. The number of ether oxygens (including phenoxy) is 2. The highest BCUT2D eigenvalue weighted by Crippen LogP contribution is 2.38. The zero-order chi connectivity index (χ0) is 23.1. The summed E-state index contributed by atoms with van der Waals surface area (Å²) in [4.78, 5) is 12.5. The van der Waals surface area contributed by atoms with Crippen molar-refractivity contribution in [3.8, 4) is 17.6 Å². The van der Waals surface area contributed by atoms with E-state index in [1.54, 1.807) is 18.2 Å². The first-order valence-corrected chi connectivity index (χ1v) is 11.2. The average molecular weight is 607 g/mol. The van der Waals surface area contributed by atoms with Crippen molar-refractivity contribution in [2.24, 2.45) is 0 Å². The van der Waals surface area contributed by atoms with Crippen molar-refractivity contribution in [2.75, 3.05) is 12.4 Å². The van der Waals surface area contributed by atoms with E-state index < -0.39 is 11.7 Å². The second kappa shape index (κ2) is 11.1. The number of methoxy groups -OCH3 is 1. The molecule has 8 heteroatoms. The molecule has 0 unspecified atom stereocenters. The van der Waals surface area contributed by atoms with Crippen molar-refractivity contribution in [3.63, 3.8) is 0 Å². The van der Waals surface area contributed by atoms with Crippen molar-refractivity contribution in [1.29, 1.82) is 5.26 Å². The van der Waals surface area contributed by atoms with Crippen LogP contribution in [0.1, 0.15) is 11.1 Å². The quantitative estimate of drug-likeness (QED) is 0.194. The lowest BCUT2D eigenvalue weighted by Gasteiger charge is -2.14. The van der Waals surface area contributed by atoms with Gasteiger partial charge in [-0.3, -0.25) is 4.79 Å². The molecule has 0 spiro atoms. The van der Waals surface area contributed by atoms with E-state index in [1.165, 1.54) is 31.4 Å². The molecule has 0 aliphatic heterocycles. The lowest BCUT2D eigenvalue weighted by atomic mass is 10.1. The maximum Gasteiger partial charge on any atom is 0.266 e. The number of carbonyl (C=O) groups is 1. The van der Waals surface area contributed by atoms with Gasteiger partial charge in [0.05, 0.1) is 17.3 Å². The number of hydrogen-bond acceptors (Lipinski definition) is 4. The maximum absolute atomic E-state index is 13.8. The number of nitrogens with zero attached hydrogens (tertiary/aromatic N) is 1. The molecule has 5 nitrogen and oxygen atoms in total. The zero-order valence-corrected chi connectivity index (χ0v) is 20.6. The third-order valence-electron chi connectivity index (χ3n) is 4.35. The minimum absolute atomic E-state index is 0.00300. The minimum Gasteiger partial charge on any atom is -0.493 e. The van der Waals surface area contributed by atoms with Crippen molar-refractivity contribution in [1.82, 2.24) is 0 Å². The molecular formula is C24H17BrFIN2O3. The van der Waals surface area contributed by atoms with Crippen LogP contribution in [-0.4, -0.2) is 13.0 Å². The van der Waals surface area contributed by atoms with Crippen LogP contribution in [0.25, 0.3) is 6.08 Å². The lowest BCUT2D eigenvalue weighted by Crippen LogP contribution is -2.14. The fourth-order valence-electron chi connectivity index (χ4n) is 2.77. The summed E-state index contributed by atoms with van der Waals surface area (Å²) in [7, 11) is 1.50. The monoisotopic (exact) mass is 606 g/mol. The highest BCUT2D eigenvalue weighted by atomic mass is 127. The van der Waals surface area contributed by atoms with Gasteiger partial charge in [-0.05, 0) is 92.1 Å². The Kier molecular flexibility index (Phi) is 8.25. The number of benzene rings is 3. The SMILES string of the molecule is COc1cc(/C=C(/C#N)C(=O)Nc2ccccc2F)cc(Br)c1OCc1ccc(I)cc1. The Morgan fingerprint density at radius 2 is 1.94 bits per heavy atom. The van der Waals surface area contributed by atoms with Crippen molar-refractivity contribution in [2.45, 2.75) is 6.61 Å². The van der Waals surface area contributed by atoms with Crippen LogP contribution in [0.5, 0.6) is 11.5 Å². The van der Waals surface area contributed by atoms with Crippen molar-refractivity contribution >= 4 is 56.2 Å². The molecule has 0 fully saturated rings. The fourth-order valence-corrected chi connectivity index (χ4v) is 3.70. The number of para-hydroxylation sites is 1. The van der Waals surface area contributed by atoms with Gasteiger partial charge in [0.2, 0.25) is 0 Å². The zero-order valence-electron chi connectivity index (χ0n) is 16.9. The summed E-state index contributed by atoms with van der Waals surface area (Å²) in [5, 5.41) is 11.8. The van der Waals surface area contributed by atoms with E-state index in [9.17, 15) is 14.4 Å². The third kappa shape index (κ3) is 6.08. The highest BCUT2D eigenvalue weighted by Gasteiger charge is 2.15. The van der Waals surface area contributed by atoms with Crippen molar-refractivity contribution < 1.29 is 18.7 Å². The van der Waals surface area contributed by atoms with Crippen LogP contribution < -0.4 is 14.8 Å². The molecule has 0 aliphatic carbocycles. The molecule has 0 bridgehead atoms. The van der Waals surface area contributed by atoms with E-state index in [0.29, 0.717) is 28.1 Å². The van der Waals surface area contributed by atoms with E-state index in [-0.39, 0.29) is 11.3 Å². The molecule has 3 rings (SSSR count). The number of nitriles is 1. The number of nitrogens with one attached hydrogen (secondary N) is 1. The first kappa shape index (κ1) is 23.8. The van der Waals surface area contributed by atoms with Gasteiger partial charge >= 0.3 is 0 Å². The summed E-state index contributed by atoms with van der Waals surface area (Å²) in [6, 6.07) is 18.9. The van der Waals surface area contributed by atoms with Crippen LogP contribution >= 0.6 is 38.5 Å². The van der Waals surface area contributed by atoms with Crippen molar-refractivity contribution in [3.05, 3.63) is 91.2 Å². The molecule has 0 radical (unpaired) electrons. The van der Waals surface area contributed by atoms with Gasteiger partial charge in [0.25, 0.3) is 5.91 Å². The van der Waals surface area contributed by atoms with Gasteiger partial charge in [0.15, 0.2) is 11.5 Å². The third-order valence-corrected chi connectivity index (χ3v) is 5.65. The molecular weight excluding hydrogens is 590 g/mol. The Morgan fingerprint density at radius 3 is 2.59 bits per heavy atom. The summed E-state index contributed by atoms with van der Waals surface area (Å²) < 4.78 is 26.9. The number of anilines is 1. The van der Waals surface area contributed by atoms with Crippen LogP contribution in [0.3, 0.4) is 0 Å². The number of halogens is 3.